The second-order valence-corrected chi connectivity index (χ2v) is 5.08. The predicted molar refractivity (Wildman–Crippen MR) is 83.9 cm³/mol. The number of piperazine rings is 1. The molecule has 1 saturated heterocycles. The van der Waals surface area contributed by atoms with Gasteiger partial charge in [0.05, 0.1) is 30.0 Å². The molecule has 0 radical (unpaired) electrons. The quantitative estimate of drug-likeness (QED) is 0.814. The fraction of sp³-hybridized carbons (Fsp3) is 0.385. The van der Waals surface area contributed by atoms with Crippen LogP contribution in [0.25, 0.3) is 0 Å². The lowest BCUT2D eigenvalue weighted by Crippen LogP contribution is -2.47. The number of nitrogen functional groups attached to an aromatic ring is 2. The number of rotatable bonds is 4. The average molecular weight is 338 g/mol. The van der Waals surface area contributed by atoms with Gasteiger partial charge in [-0.25, -0.2) is 15.0 Å². The van der Waals surface area contributed by atoms with Gasteiger partial charge in [-0.15, -0.1) is 0 Å². The van der Waals surface area contributed by atoms with Crippen molar-refractivity contribution >= 4 is 23.1 Å². The SMILES string of the molecule is Nc1ncc(N2CCN(c3cnc(OC(F)F)nc3)CC2)c(N)n1. The van der Waals surface area contributed by atoms with E-state index < -0.39 is 6.61 Å². The average Bonchev–Trinajstić information content (AvgIpc) is 2.55. The number of aromatic nitrogens is 4. The van der Waals surface area contributed by atoms with Gasteiger partial charge in [0.25, 0.3) is 0 Å². The van der Waals surface area contributed by atoms with Gasteiger partial charge >= 0.3 is 12.6 Å². The fourth-order valence-electron chi connectivity index (χ4n) is 2.47. The van der Waals surface area contributed by atoms with Gasteiger partial charge in [-0.05, 0) is 0 Å². The highest BCUT2D eigenvalue weighted by atomic mass is 19.3. The van der Waals surface area contributed by atoms with E-state index in [1.165, 1.54) is 12.4 Å². The molecule has 0 aliphatic carbocycles. The largest absolute Gasteiger partial charge is 0.401 e. The van der Waals surface area contributed by atoms with Crippen LogP contribution < -0.4 is 26.0 Å². The van der Waals surface area contributed by atoms with E-state index in [4.69, 9.17) is 11.5 Å². The van der Waals surface area contributed by atoms with Crippen LogP contribution in [0.15, 0.2) is 18.6 Å². The molecule has 1 aliphatic heterocycles. The number of anilines is 4. The number of halogens is 2. The number of nitrogens with zero attached hydrogens (tertiary/aromatic N) is 6. The maximum Gasteiger partial charge on any atom is 0.389 e. The van der Waals surface area contributed by atoms with Gasteiger partial charge in [-0.2, -0.15) is 13.8 Å². The first-order valence-electron chi connectivity index (χ1n) is 7.17. The Labute approximate surface area is 136 Å². The van der Waals surface area contributed by atoms with Crippen LogP contribution in [0.4, 0.5) is 31.9 Å². The third kappa shape index (κ3) is 3.50. The van der Waals surface area contributed by atoms with Crippen LogP contribution in [0, 0.1) is 0 Å². The monoisotopic (exact) mass is 338 g/mol. The number of hydrogen-bond donors (Lipinski definition) is 2. The smallest absolute Gasteiger partial charge is 0.389 e. The third-order valence-corrected chi connectivity index (χ3v) is 3.61. The van der Waals surface area contributed by atoms with E-state index in [0.717, 1.165) is 11.4 Å². The minimum absolute atomic E-state index is 0.137. The summed E-state index contributed by atoms with van der Waals surface area (Å²) in [4.78, 5) is 19.6. The molecule has 1 aliphatic rings. The predicted octanol–water partition coefficient (Wildman–Crippen LogP) is 0.359. The summed E-state index contributed by atoms with van der Waals surface area (Å²) in [7, 11) is 0. The van der Waals surface area contributed by atoms with E-state index >= 15 is 0 Å². The van der Waals surface area contributed by atoms with E-state index in [2.05, 4.69) is 29.6 Å². The standard InChI is InChI=1S/C13H16F2N8O/c14-11(15)24-13-19-5-8(6-20-13)22-1-3-23(4-2-22)9-7-18-12(17)21-10(9)16/h5-7,11H,1-4H2,(H4,16,17,18,21). The van der Waals surface area contributed by atoms with Crippen LogP contribution in [0.1, 0.15) is 0 Å². The Morgan fingerprint density at radius 1 is 0.958 bits per heavy atom. The molecule has 4 N–H and O–H groups in total. The van der Waals surface area contributed by atoms with Gasteiger partial charge in [0, 0.05) is 26.2 Å². The molecule has 24 heavy (non-hydrogen) atoms. The van der Waals surface area contributed by atoms with E-state index in [1.807, 2.05) is 4.90 Å². The molecular formula is C13H16F2N8O. The molecule has 2 aromatic heterocycles. The number of ether oxygens (including phenoxy) is 1. The van der Waals surface area contributed by atoms with Crippen molar-refractivity contribution in [2.75, 3.05) is 47.4 Å². The third-order valence-electron chi connectivity index (χ3n) is 3.61. The molecule has 0 spiro atoms. The molecule has 3 rings (SSSR count). The molecule has 9 nitrogen and oxygen atoms in total. The van der Waals surface area contributed by atoms with Crippen molar-refractivity contribution < 1.29 is 13.5 Å². The van der Waals surface area contributed by atoms with Crippen molar-refractivity contribution in [3.8, 4) is 6.01 Å². The first-order valence-corrected chi connectivity index (χ1v) is 7.17. The Bertz CT molecular complexity index is 691. The van der Waals surface area contributed by atoms with Gasteiger partial charge in [-0.3, -0.25) is 0 Å². The topological polar surface area (TPSA) is 119 Å². The summed E-state index contributed by atoms with van der Waals surface area (Å²) in [5, 5.41) is 0. The van der Waals surface area contributed by atoms with Crippen molar-refractivity contribution in [3.05, 3.63) is 18.6 Å². The van der Waals surface area contributed by atoms with Gasteiger partial charge < -0.3 is 26.0 Å². The molecule has 0 unspecified atom stereocenters. The lowest BCUT2D eigenvalue weighted by atomic mass is 10.2. The Balaban J connectivity index is 1.62. The summed E-state index contributed by atoms with van der Waals surface area (Å²) in [6.07, 6.45) is 4.52. The van der Waals surface area contributed by atoms with Crippen molar-refractivity contribution in [2.45, 2.75) is 6.61 Å². The second-order valence-electron chi connectivity index (χ2n) is 5.08. The first kappa shape index (κ1) is 15.9. The lowest BCUT2D eigenvalue weighted by Gasteiger charge is -2.37. The number of hydrogen-bond acceptors (Lipinski definition) is 9. The molecule has 0 aromatic carbocycles. The molecule has 128 valence electrons. The Hall–Kier alpha value is -2.98. The van der Waals surface area contributed by atoms with Crippen LogP contribution >= 0.6 is 0 Å². The lowest BCUT2D eigenvalue weighted by molar-refractivity contribution is -0.0560. The highest BCUT2D eigenvalue weighted by Crippen LogP contribution is 2.24. The van der Waals surface area contributed by atoms with Gasteiger partial charge in [0.2, 0.25) is 5.95 Å². The first-order chi connectivity index (χ1) is 11.5. The molecular weight excluding hydrogens is 322 g/mol. The van der Waals surface area contributed by atoms with E-state index in [9.17, 15) is 8.78 Å². The molecule has 0 bridgehead atoms. The zero-order valence-electron chi connectivity index (χ0n) is 12.6. The molecule has 0 saturated carbocycles. The Kier molecular flexibility index (Phi) is 4.40. The van der Waals surface area contributed by atoms with Gasteiger partial charge in [-0.1, -0.05) is 0 Å². The summed E-state index contributed by atoms with van der Waals surface area (Å²) >= 11 is 0. The molecule has 0 atom stereocenters. The molecule has 2 aromatic rings. The highest BCUT2D eigenvalue weighted by Gasteiger charge is 2.20. The fourth-order valence-corrected chi connectivity index (χ4v) is 2.47. The summed E-state index contributed by atoms with van der Waals surface area (Å²) < 4.78 is 28.3. The number of alkyl halides is 2. The van der Waals surface area contributed by atoms with E-state index in [-0.39, 0.29) is 12.0 Å². The Morgan fingerprint density at radius 2 is 1.58 bits per heavy atom. The molecule has 0 amide bonds. The van der Waals surface area contributed by atoms with Gasteiger partial charge in [0.1, 0.15) is 0 Å². The van der Waals surface area contributed by atoms with Crippen LogP contribution in [-0.2, 0) is 0 Å². The molecule has 11 heteroatoms. The zero-order valence-corrected chi connectivity index (χ0v) is 12.6. The minimum Gasteiger partial charge on any atom is -0.401 e. The van der Waals surface area contributed by atoms with Crippen LogP contribution in [0.2, 0.25) is 0 Å². The van der Waals surface area contributed by atoms with Crippen molar-refractivity contribution in [2.24, 2.45) is 0 Å². The van der Waals surface area contributed by atoms with E-state index in [1.54, 1.807) is 6.20 Å². The normalized spacial score (nSPS) is 15.0. The summed E-state index contributed by atoms with van der Waals surface area (Å²) in [5.41, 5.74) is 12.8. The summed E-state index contributed by atoms with van der Waals surface area (Å²) in [5.74, 6) is 0.478. The zero-order chi connectivity index (χ0) is 17.1. The van der Waals surface area contributed by atoms with Crippen LogP contribution in [-0.4, -0.2) is 52.7 Å². The second kappa shape index (κ2) is 6.64. The number of nitrogens with two attached hydrogens (primary N) is 2. The Morgan fingerprint density at radius 3 is 2.17 bits per heavy atom. The summed E-state index contributed by atoms with van der Waals surface area (Å²) in [6.45, 7) is -0.198. The maximum atomic E-state index is 12.1. The molecule has 3 heterocycles. The van der Waals surface area contributed by atoms with Gasteiger partial charge in [0.15, 0.2) is 5.82 Å². The molecule has 1 fully saturated rings. The van der Waals surface area contributed by atoms with Crippen LogP contribution in [0.5, 0.6) is 6.01 Å². The van der Waals surface area contributed by atoms with Crippen LogP contribution in [0.3, 0.4) is 0 Å². The van der Waals surface area contributed by atoms with E-state index in [0.29, 0.717) is 32.0 Å². The van der Waals surface area contributed by atoms with Crippen molar-refractivity contribution in [1.29, 1.82) is 0 Å². The highest BCUT2D eigenvalue weighted by molar-refractivity contribution is 5.64. The maximum absolute atomic E-state index is 12.1. The minimum atomic E-state index is -2.94. The summed E-state index contributed by atoms with van der Waals surface area (Å²) in [6, 6.07) is -0.348. The van der Waals surface area contributed by atoms with Crippen molar-refractivity contribution in [1.82, 2.24) is 19.9 Å². The van der Waals surface area contributed by atoms with Crippen molar-refractivity contribution in [3.63, 3.8) is 0 Å².